The third kappa shape index (κ3) is 2.29. The van der Waals surface area contributed by atoms with Crippen LogP contribution in [0.25, 0.3) is 0 Å². The number of hydrogen-bond donors (Lipinski definition) is 2. The summed E-state index contributed by atoms with van der Waals surface area (Å²) in [7, 11) is 1.77. The van der Waals surface area contributed by atoms with Gasteiger partial charge in [0.2, 0.25) is 0 Å². The van der Waals surface area contributed by atoms with E-state index in [0.717, 1.165) is 5.57 Å². The Kier molecular flexibility index (Phi) is 3.19. The van der Waals surface area contributed by atoms with Crippen molar-refractivity contribution < 1.29 is 9.90 Å². The highest BCUT2D eigenvalue weighted by atomic mass is 16.3. The van der Waals surface area contributed by atoms with E-state index in [9.17, 15) is 9.90 Å². The summed E-state index contributed by atoms with van der Waals surface area (Å²) in [6, 6.07) is 0. The van der Waals surface area contributed by atoms with Gasteiger partial charge in [-0.2, -0.15) is 0 Å². The highest BCUT2D eigenvalue weighted by Gasteiger charge is 2.12. The van der Waals surface area contributed by atoms with Crippen LogP contribution >= 0.6 is 0 Å². The maximum absolute atomic E-state index is 10.9. The first-order chi connectivity index (χ1) is 5.74. The Bertz CT molecular complexity index is 231. The lowest BCUT2D eigenvalue weighted by Gasteiger charge is -2.14. The molecule has 1 aliphatic rings. The van der Waals surface area contributed by atoms with Gasteiger partial charge in [-0.05, 0) is 31.2 Å². The van der Waals surface area contributed by atoms with Crippen LogP contribution < -0.4 is 5.32 Å². The Balaban J connectivity index is 2.57. The molecule has 1 atom stereocenters. The van der Waals surface area contributed by atoms with E-state index < -0.39 is 6.10 Å². The van der Waals surface area contributed by atoms with Gasteiger partial charge in [-0.15, -0.1) is 0 Å². The number of ketones is 1. The number of allylic oxidation sites excluding steroid dienone is 3. The molecule has 3 nitrogen and oxygen atoms in total. The van der Waals surface area contributed by atoms with Crippen molar-refractivity contribution in [2.75, 3.05) is 13.6 Å². The maximum Gasteiger partial charge on any atom is 0.178 e. The first kappa shape index (κ1) is 9.16. The number of aliphatic hydroxyl groups excluding tert-OH is 1. The van der Waals surface area contributed by atoms with Crippen LogP contribution in [0.2, 0.25) is 0 Å². The third-order valence-corrected chi connectivity index (χ3v) is 1.79. The van der Waals surface area contributed by atoms with Crippen molar-refractivity contribution in [1.29, 1.82) is 0 Å². The number of likely N-dealkylation sites (N-methyl/N-ethyl adjacent to an activating group) is 1. The van der Waals surface area contributed by atoms with Crippen LogP contribution in [0.5, 0.6) is 0 Å². The zero-order chi connectivity index (χ0) is 8.97. The molecule has 0 aromatic carbocycles. The molecule has 1 rings (SSSR count). The standard InChI is InChI=1S/C9H13NO2/c1-10-6-9(12)7-3-2-4-8(11)5-7/h2,4-5,9-10,12H,3,6H2,1H3/t9-/m0/s1. The molecule has 2 N–H and O–H groups in total. The number of hydrogen-bond acceptors (Lipinski definition) is 3. The first-order valence-corrected chi connectivity index (χ1v) is 3.97. The molecular weight excluding hydrogens is 154 g/mol. The molecule has 0 aromatic rings. The second-order valence-electron chi connectivity index (χ2n) is 2.80. The van der Waals surface area contributed by atoms with Gasteiger partial charge in [-0.25, -0.2) is 0 Å². The van der Waals surface area contributed by atoms with Gasteiger partial charge < -0.3 is 10.4 Å². The number of nitrogens with one attached hydrogen (secondary N) is 1. The van der Waals surface area contributed by atoms with Crippen molar-refractivity contribution in [3.8, 4) is 0 Å². The average Bonchev–Trinajstić information content (AvgIpc) is 2.05. The average molecular weight is 167 g/mol. The van der Waals surface area contributed by atoms with Gasteiger partial charge in [0.25, 0.3) is 0 Å². The zero-order valence-electron chi connectivity index (χ0n) is 7.08. The van der Waals surface area contributed by atoms with E-state index in [1.807, 2.05) is 0 Å². The van der Waals surface area contributed by atoms with Crippen molar-refractivity contribution in [3.05, 3.63) is 23.8 Å². The van der Waals surface area contributed by atoms with Crippen LogP contribution in [0.3, 0.4) is 0 Å². The summed E-state index contributed by atoms with van der Waals surface area (Å²) >= 11 is 0. The molecule has 0 saturated carbocycles. The Morgan fingerprint density at radius 2 is 2.50 bits per heavy atom. The molecule has 0 amide bonds. The summed E-state index contributed by atoms with van der Waals surface area (Å²) in [5.41, 5.74) is 0.789. The Morgan fingerprint density at radius 3 is 3.08 bits per heavy atom. The lowest BCUT2D eigenvalue weighted by molar-refractivity contribution is -0.110. The molecule has 0 heterocycles. The summed E-state index contributed by atoms with van der Waals surface area (Å²) in [5, 5.41) is 12.3. The van der Waals surface area contributed by atoms with Gasteiger partial charge in [0.05, 0.1) is 6.10 Å². The summed E-state index contributed by atoms with van der Waals surface area (Å²) in [4.78, 5) is 10.9. The minimum Gasteiger partial charge on any atom is -0.387 e. The molecule has 0 bridgehead atoms. The Morgan fingerprint density at radius 1 is 1.75 bits per heavy atom. The fraction of sp³-hybridized carbons (Fsp3) is 0.444. The lowest BCUT2D eigenvalue weighted by Crippen LogP contribution is -2.26. The minimum absolute atomic E-state index is 0.0357. The molecule has 3 heteroatoms. The van der Waals surface area contributed by atoms with Gasteiger partial charge in [0, 0.05) is 6.54 Å². The third-order valence-electron chi connectivity index (χ3n) is 1.79. The topological polar surface area (TPSA) is 49.3 Å². The molecule has 66 valence electrons. The van der Waals surface area contributed by atoms with E-state index in [1.54, 1.807) is 13.1 Å². The Labute approximate surface area is 71.8 Å². The summed E-state index contributed by atoms with van der Waals surface area (Å²) < 4.78 is 0. The summed E-state index contributed by atoms with van der Waals surface area (Å²) in [6.07, 6.45) is 4.94. The van der Waals surface area contributed by atoms with Gasteiger partial charge in [0.1, 0.15) is 0 Å². The van der Waals surface area contributed by atoms with E-state index in [1.165, 1.54) is 12.2 Å². The molecule has 0 radical (unpaired) electrons. The molecular formula is C9H13NO2. The lowest BCUT2D eigenvalue weighted by atomic mass is 10.00. The zero-order valence-corrected chi connectivity index (χ0v) is 7.08. The van der Waals surface area contributed by atoms with E-state index in [-0.39, 0.29) is 5.78 Å². The summed E-state index contributed by atoms with van der Waals surface area (Å²) in [6.45, 7) is 0.493. The first-order valence-electron chi connectivity index (χ1n) is 3.97. The van der Waals surface area contributed by atoms with Gasteiger partial charge in [-0.3, -0.25) is 4.79 Å². The van der Waals surface area contributed by atoms with Crippen LogP contribution in [0.1, 0.15) is 6.42 Å². The van der Waals surface area contributed by atoms with Gasteiger partial charge in [-0.1, -0.05) is 6.08 Å². The molecule has 0 fully saturated rings. The molecule has 12 heavy (non-hydrogen) atoms. The Hall–Kier alpha value is -0.930. The van der Waals surface area contributed by atoms with Crippen LogP contribution in [0, 0.1) is 0 Å². The van der Waals surface area contributed by atoms with Crippen LogP contribution in [0.15, 0.2) is 23.8 Å². The number of rotatable bonds is 3. The largest absolute Gasteiger partial charge is 0.387 e. The van der Waals surface area contributed by atoms with Crippen LogP contribution in [-0.2, 0) is 4.79 Å². The van der Waals surface area contributed by atoms with Crippen LogP contribution in [-0.4, -0.2) is 30.6 Å². The second kappa shape index (κ2) is 4.18. The van der Waals surface area contributed by atoms with Crippen molar-refractivity contribution in [3.63, 3.8) is 0 Å². The number of carbonyl (C=O) groups excluding carboxylic acids is 1. The predicted octanol–water partition coefficient (Wildman–Crippen LogP) is 0.0221. The van der Waals surface area contributed by atoms with E-state index in [4.69, 9.17) is 0 Å². The monoisotopic (exact) mass is 167 g/mol. The second-order valence-corrected chi connectivity index (χ2v) is 2.80. The minimum atomic E-state index is -0.538. The highest BCUT2D eigenvalue weighted by molar-refractivity contribution is 6.00. The highest BCUT2D eigenvalue weighted by Crippen LogP contribution is 2.12. The molecule has 0 spiro atoms. The van der Waals surface area contributed by atoms with Gasteiger partial charge in [0.15, 0.2) is 5.78 Å². The quantitative estimate of drug-likeness (QED) is 0.623. The number of carbonyl (C=O) groups is 1. The molecule has 0 aromatic heterocycles. The van der Waals surface area contributed by atoms with Crippen molar-refractivity contribution in [2.45, 2.75) is 12.5 Å². The van der Waals surface area contributed by atoms with Crippen molar-refractivity contribution >= 4 is 5.78 Å². The SMILES string of the molecule is CNC[C@H](O)C1=CC(=O)C=CC1. The van der Waals surface area contributed by atoms with Crippen LogP contribution in [0.4, 0.5) is 0 Å². The fourth-order valence-electron chi connectivity index (χ4n) is 1.16. The van der Waals surface area contributed by atoms with E-state index in [0.29, 0.717) is 13.0 Å². The van der Waals surface area contributed by atoms with Crippen molar-refractivity contribution in [1.82, 2.24) is 5.32 Å². The summed E-state index contributed by atoms with van der Waals surface area (Å²) in [5.74, 6) is -0.0357. The van der Waals surface area contributed by atoms with E-state index >= 15 is 0 Å². The van der Waals surface area contributed by atoms with E-state index in [2.05, 4.69) is 5.32 Å². The molecule has 0 aliphatic heterocycles. The normalized spacial score (nSPS) is 19.2. The predicted molar refractivity (Wildman–Crippen MR) is 46.8 cm³/mol. The number of aliphatic hydroxyl groups is 1. The smallest absolute Gasteiger partial charge is 0.178 e. The van der Waals surface area contributed by atoms with Crippen molar-refractivity contribution in [2.24, 2.45) is 0 Å². The molecule has 0 saturated heterocycles. The molecule has 0 unspecified atom stereocenters. The van der Waals surface area contributed by atoms with Gasteiger partial charge >= 0.3 is 0 Å². The fourth-order valence-corrected chi connectivity index (χ4v) is 1.16. The maximum atomic E-state index is 10.9. The molecule has 1 aliphatic carbocycles.